The van der Waals surface area contributed by atoms with Crippen LogP contribution in [0.5, 0.6) is 0 Å². The van der Waals surface area contributed by atoms with Crippen LogP contribution in [-0.2, 0) is 10.0 Å². The molecule has 5 heteroatoms. The minimum Gasteiger partial charge on any atom is -0.317 e. The van der Waals surface area contributed by atoms with Crippen molar-refractivity contribution >= 4 is 10.0 Å². The second-order valence-electron chi connectivity index (χ2n) is 5.22. The van der Waals surface area contributed by atoms with Crippen molar-refractivity contribution in [2.45, 2.75) is 45.1 Å². The Morgan fingerprint density at radius 3 is 2.59 bits per heavy atom. The number of sulfonamides is 1. The molecule has 0 radical (unpaired) electrons. The van der Waals surface area contributed by atoms with E-state index in [1.165, 1.54) is 0 Å². The highest BCUT2D eigenvalue weighted by molar-refractivity contribution is 7.89. The molecule has 0 aromatic rings. The molecule has 1 N–H and O–H groups in total. The van der Waals surface area contributed by atoms with Gasteiger partial charge in [0.25, 0.3) is 0 Å². The third kappa shape index (κ3) is 3.01. The van der Waals surface area contributed by atoms with Gasteiger partial charge in [-0.1, -0.05) is 6.92 Å². The molecule has 2 rings (SSSR count). The van der Waals surface area contributed by atoms with Crippen LogP contribution in [0.2, 0.25) is 0 Å². The normalized spacial score (nSPS) is 28.6. The Hall–Kier alpha value is -0.130. The molecule has 2 heterocycles. The predicted octanol–water partition coefficient (Wildman–Crippen LogP) is 1.19. The van der Waals surface area contributed by atoms with Gasteiger partial charge >= 0.3 is 0 Å². The van der Waals surface area contributed by atoms with E-state index in [1.54, 1.807) is 0 Å². The molecule has 0 amide bonds. The molecular weight excluding hydrogens is 236 g/mol. The van der Waals surface area contributed by atoms with E-state index in [0.717, 1.165) is 51.7 Å². The van der Waals surface area contributed by atoms with E-state index in [0.29, 0.717) is 11.7 Å². The summed E-state index contributed by atoms with van der Waals surface area (Å²) in [6.07, 6.45) is 5.08. The van der Waals surface area contributed by atoms with E-state index in [9.17, 15) is 8.42 Å². The number of nitrogens with one attached hydrogen (secondary N) is 1. The molecule has 1 atom stereocenters. The van der Waals surface area contributed by atoms with Crippen LogP contribution in [0.4, 0.5) is 0 Å². The van der Waals surface area contributed by atoms with E-state index in [1.807, 2.05) is 11.2 Å². The molecule has 2 saturated heterocycles. The molecule has 0 aliphatic carbocycles. The van der Waals surface area contributed by atoms with Crippen molar-refractivity contribution in [2.24, 2.45) is 5.92 Å². The molecule has 2 aliphatic rings. The van der Waals surface area contributed by atoms with E-state index in [2.05, 4.69) is 5.32 Å². The van der Waals surface area contributed by atoms with Gasteiger partial charge in [0, 0.05) is 12.6 Å². The maximum absolute atomic E-state index is 12.2. The first-order chi connectivity index (χ1) is 8.15. The smallest absolute Gasteiger partial charge is 0.214 e. The van der Waals surface area contributed by atoms with Crippen molar-refractivity contribution in [3.8, 4) is 0 Å². The molecular formula is C12H24N2O2S. The largest absolute Gasteiger partial charge is 0.317 e. The Bertz CT molecular complexity index is 336. The molecule has 4 nitrogen and oxygen atoms in total. The standard InChI is InChI=1S/C12H24N2O2S/c1-2-10-17(15,16)14-9-3-4-12(14)11-5-7-13-8-6-11/h11-13H,2-10H2,1H3. The Morgan fingerprint density at radius 2 is 1.94 bits per heavy atom. The zero-order chi connectivity index (χ0) is 12.3. The number of piperidine rings is 1. The Morgan fingerprint density at radius 1 is 1.24 bits per heavy atom. The lowest BCUT2D eigenvalue weighted by atomic mass is 9.89. The Labute approximate surface area is 105 Å². The van der Waals surface area contributed by atoms with Gasteiger partial charge < -0.3 is 5.32 Å². The third-order valence-corrected chi connectivity index (χ3v) is 6.09. The van der Waals surface area contributed by atoms with Crippen molar-refractivity contribution in [2.75, 3.05) is 25.4 Å². The maximum atomic E-state index is 12.2. The summed E-state index contributed by atoms with van der Waals surface area (Å²) in [4.78, 5) is 0. The monoisotopic (exact) mass is 260 g/mol. The minimum atomic E-state index is -3.00. The highest BCUT2D eigenvalue weighted by Crippen LogP contribution is 2.31. The number of hydrogen-bond donors (Lipinski definition) is 1. The van der Waals surface area contributed by atoms with E-state index in [-0.39, 0.29) is 6.04 Å². The zero-order valence-electron chi connectivity index (χ0n) is 10.7. The van der Waals surface area contributed by atoms with Gasteiger partial charge in [-0.15, -0.1) is 0 Å². The van der Waals surface area contributed by atoms with Crippen LogP contribution in [0.15, 0.2) is 0 Å². The highest BCUT2D eigenvalue weighted by atomic mass is 32.2. The van der Waals surface area contributed by atoms with Crippen LogP contribution in [0, 0.1) is 5.92 Å². The molecule has 2 fully saturated rings. The Balaban J connectivity index is 2.06. The van der Waals surface area contributed by atoms with Crippen molar-refractivity contribution in [1.82, 2.24) is 9.62 Å². The summed E-state index contributed by atoms with van der Waals surface area (Å²) in [6, 6.07) is 0.286. The van der Waals surface area contributed by atoms with Crippen LogP contribution in [0.3, 0.4) is 0 Å². The minimum absolute atomic E-state index is 0.286. The quantitative estimate of drug-likeness (QED) is 0.826. The summed E-state index contributed by atoms with van der Waals surface area (Å²) < 4.78 is 26.2. The first-order valence-electron chi connectivity index (χ1n) is 6.85. The van der Waals surface area contributed by atoms with Crippen molar-refractivity contribution < 1.29 is 8.42 Å². The lowest BCUT2D eigenvalue weighted by Crippen LogP contribution is -2.44. The van der Waals surface area contributed by atoms with Gasteiger partial charge in [-0.25, -0.2) is 8.42 Å². The number of hydrogen-bond acceptors (Lipinski definition) is 3. The van der Waals surface area contributed by atoms with Crippen LogP contribution in [-0.4, -0.2) is 44.2 Å². The summed E-state index contributed by atoms with van der Waals surface area (Å²) in [7, 11) is -3.00. The maximum Gasteiger partial charge on any atom is 0.214 e. The number of nitrogens with zero attached hydrogens (tertiary/aromatic N) is 1. The van der Waals surface area contributed by atoms with Gasteiger partial charge in [-0.3, -0.25) is 0 Å². The van der Waals surface area contributed by atoms with E-state index in [4.69, 9.17) is 0 Å². The molecule has 0 aromatic heterocycles. The van der Waals surface area contributed by atoms with Crippen molar-refractivity contribution in [1.29, 1.82) is 0 Å². The molecule has 17 heavy (non-hydrogen) atoms. The van der Waals surface area contributed by atoms with Crippen LogP contribution in [0.25, 0.3) is 0 Å². The molecule has 100 valence electrons. The summed E-state index contributed by atoms with van der Waals surface area (Å²) >= 11 is 0. The lowest BCUT2D eigenvalue weighted by Gasteiger charge is -2.33. The second-order valence-corrected chi connectivity index (χ2v) is 7.26. The topological polar surface area (TPSA) is 49.4 Å². The lowest BCUT2D eigenvalue weighted by molar-refractivity contribution is 0.235. The fraction of sp³-hybridized carbons (Fsp3) is 1.00. The Kier molecular flexibility index (Phi) is 4.44. The molecule has 0 spiro atoms. The predicted molar refractivity (Wildman–Crippen MR) is 69.4 cm³/mol. The van der Waals surface area contributed by atoms with Crippen LogP contribution >= 0.6 is 0 Å². The molecule has 0 saturated carbocycles. The van der Waals surface area contributed by atoms with Crippen LogP contribution < -0.4 is 5.32 Å². The summed E-state index contributed by atoms with van der Waals surface area (Å²) in [5.41, 5.74) is 0. The van der Waals surface area contributed by atoms with Gasteiger partial charge in [0.15, 0.2) is 0 Å². The second kappa shape index (κ2) is 5.67. The molecule has 0 aromatic carbocycles. The van der Waals surface area contributed by atoms with Gasteiger partial charge in [0.2, 0.25) is 10.0 Å². The molecule has 1 unspecified atom stereocenters. The summed E-state index contributed by atoms with van der Waals surface area (Å²) in [5, 5.41) is 3.35. The van der Waals surface area contributed by atoms with Gasteiger partial charge in [-0.05, 0) is 51.1 Å². The average molecular weight is 260 g/mol. The highest BCUT2D eigenvalue weighted by Gasteiger charge is 2.38. The van der Waals surface area contributed by atoms with Gasteiger partial charge in [0.05, 0.1) is 5.75 Å². The SMILES string of the molecule is CCCS(=O)(=O)N1CCCC1C1CCNCC1. The van der Waals surface area contributed by atoms with Gasteiger partial charge in [0.1, 0.15) is 0 Å². The molecule has 0 bridgehead atoms. The first-order valence-corrected chi connectivity index (χ1v) is 8.46. The third-order valence-electron chi connectivity index (χ3n) is 4.00. The van der Waals surface area contributed by atoms with Crippen molar-refractivity contribution in [3.63, 3.8) is 0 Å². The van der Waals surface area contributed by atoms with E-state index >= 15 is 0 Å². The fourth-order valence-corrected chi connectivity index (χ4v) is 5.03. The van der Waals surface area contributed by atoms with Crippen LogP contribution in [0.1, 0.15) is 39.0 Å². The fourth-order valence-electron chi connectivity index (χ4n) is 3.19. The first kappa shape index (κ1) is 13.3. The van der Waals surface area contributed by atoms with Crippen molar-refractivity contribution in [3.05, 3.63) is 0 Å². The summed E-state index contributed by atoms with van der Waals surface area (Å²) in [6.45, 7) is 4.77. The summed E-state index contributed by atoms with van der Waals surface area (Å²) in [5.74, 6) is 0.888. The average Bonchev–Trinajstić information content (AvgIpc) is 2.79. The molecule has 2 aliphatic heterocycles. The van der Waals surface area contributed by atoms with E-state index < -0.39 is 10.0 Å². The number of rotatable bonds is 4. The van der Waals surface area contributed by atoms with Gasteiger partial charge in [-0.2, -0.15) is 4.31 Å². The zero-order valence-corrected chi connectivity index (χ0v) is 11.5.